The van der Waals surface area contributed by atoms with Crippen LogP contribution in [0.4, 0.5) is 4.39 Å². The van der Waals surface area contributed by atoms with Gasteiger partial charge >= 0.3 is 0 Å². The lowest BCUT2D eigenvalue weighted by molar-refractivity contribution is 0.415. The Morgan fingerprint density at radius 3 is 2.70 bits per heavy atom. The van der Waals surface area contributed by atoms with E-state index in [4.69, 9.17) is 16.3 Å². The number of hydrogen-bond acceptors (Lipinski definition) is 2. The molecule has 0 aliphatic heterocycles. The highest BCUT2D eigenvalue weighted by Gasteiger charge is 2.14. The first-order chi connectivity index (χ1) is 9.63. The van der Waals surface area contributed by atoms with Crippen molar-refractivity contribution in [3.05, 3.63) is 64.4 Å². The van der Waals surface area contributed by atoms with Crippen LogP contribution in [-0.4, -0.2) is 7.11 Å². The minimum absolute atomic E-state index is 0.299. The summed E-state index contributed by atoms with van der Waals surface area (Å²) in [5.41, 5.74) is 1.58. The highest BCUT2D eigenvalue weighted by molar-refractivity contribution is 6.32. The molecular formula is C16H13ClFNO. The number of nitriles is 1. The van der Waals surface area contributed by atoms with E-state index in [9.17, 15) is 9.65 Å². The van der Waals surface area contributed by atoms with Crippen LogP contribution in [0, 0.1) is 17.1 Å². The summed E-state index contributed by atoms with van der Waals surface area (Å²) >= 11 is 6.06. The van der Waals surface area contributed by atoms with Gasteiger partial charge in [-0.2, -0.15) is 5.26 Å². The van der Waals surface area contributed by atoms with E-state index in [-0.39, 0.29) is 11.7 Å². The molecule has 4 heteroatoms. The summed E-state index contributed by atoms with van der Waals surface area (Å²) < 4.78 is 18.2. The summed E-state index contributed by atoms with van der Waals surface area (Å²) in [6.07, 6.45) is 0.441. The van der Waals surface area contributed by atoms with Gasteiger partial charge in [0.15, 0.2) is 0 Å². The lowest BCUT2D eigenvalue weighted by Gasteiger charge is -2.11. The van der Waals surface area contributed by atoms with Gasteiger partial charge in [0.05, 0.1) is 24.1 Å². The van der Waals surface area contributed by atoms with Crippen LogP contribution in [0.2, 0.25) is 5.02 Å². The number of methoxy groups -OCH3 is 1. The topological polar surface area (TPSA) is 33.0 Å². The fourth-order valence-corrected chi connectivity index (χ4v) is 2.30. The van der Waals surface area contributed by atoms with Gasteiger partial charge in [-0.15, -0.1) is 0 Å². The number of ether oxygens (including phenoxy) is 1. The third-order valence-corrected chi connectivity index (χ3v) is 3.36. The van der Waals surface area contributed by atoms with Crippen molar-refractivity contribution in [1.29, 1.82) is 5.26 Å². The lowest BCUT2D eigenvalue weighted by Crippen LogP contribution is -2.01. The zero-order valence-electron chi connectivity index (χ0n) is 10.9. The van der Waals surface area contributed by atoms with Gasteiger partial charge in [0.25, 0.3) is 0 Å². The first kappa shape index (κ1) is 14.4. The maximum Gasteiger partial charge on any atom is 0.137 e. The predicted molar refractivity (Wildman–Crippen MR) is 76.5 cm³/mol. The molecule has 2 rings (SSSR count). The van der Waals surface area contributed by atoms with E-state index in [1.54, 1.807) is 30.3 Å². The summed E-state index contributed by atoms with van der Waals surface area (Å²) in [7, 11) is 1.54. The SMILES string of the molecule is COc1ccc(C(C#N)Cc2cccc(F)c2)cc1Cl. The van der Waals surface area contributed by atoms with E-state index in [0.29, 0.717) is 17.2 Å². The molecule has 2 aromatic carbocycles. The Balaban J connectivity index is 2.25. The standard InChI is InChI=1S/C16H13ClFNO/c1-20-16-6-5-12(9-15(16)17)13(10-19)7-11-3-2-4-14(18)8-11/h2-6,8-9,13H,7H2,1H3. The summed E-state index contributed by atoms with van der Waals surface area (Å²) in [6, 6.07) is 13.7. The maximum absolute atomic E-state index is 13.2. The van der Waals surface area contributed by atoms with Gasteiger partial charge in [-0.1, -0.05) is 29.8 Å². The Morgan fingerprint density at radius 2 is 2.10 bits per heavy atom. The molecule has 0 aromatic heterocycles. The molecule has 2 nitrogen and oxygen atoms in total. The molecular weight excluding hydrogens is 277 g/mol. The van der Waals surface area contributed by atoms with E-state index < -0.39 is 0 Å². The third kappa shape index (κ3) is 3.28. The Kier molecular flexibility index (Phi) is 4.60. The normalized spacial score (nSPS) is 11.7. The Bertz CT molecular complexity index is 651. The second-order valence-corrected chi connectivity index (χ2v) is 4.82. The van der Waals surface area contributed by atoms with Crippen LogP contribution in [0.5, 0.6) is 5.75 Å². The Labute approximate surface area is 122 Å². The van der Waals surface area contributed by atoms with E-state index in [1.807, 2.05) is 0 Å². The molecule has 0 spiro atoms. The number of benzene rings is 2. The van der Waals surface area contributed by atoms with Crippen molar-refractivity contribution in [3.8, 4) is 11.8 Å². The number of halogens is 2. The van der Waals surface area contributed by atoms with Crippen LogP contribution in [0.1, 0.15) is 17.0 Å². The van der Waals surface area contributed by atoms with Gasteiger partial charge in [0.2, 0.25) is 0 Å². The largest absolute Gasteiger partial charge is 0.495 e. The average molecular weight is 290 g/mol. The number of nitrogens with zero attached hydrogens (tertiary/aromatic N) is 1. The molecule has 20 heavy (non-hydrogen) atoms. The zero-order valence-corrected chi connectivity index (χ0v) is 11.7. The average Bonchev–Trinajstić information content (AvgIpc) is 2.44. The van der Waals surface area contributed by atoms with Gasteiger partial charge in [-0.25, -0.2) is 4.39 Å². The molecule has 0 heterocycles. The van der Waals surface area contributed by atoms with Gasteiger partial charge in [-0.3, -0.25) is 0 Å². The van der Waals surface area contributed by atoms with Gasteiger partial charge in [-0.05, 0) is 41.8 Å². The van der Waals surface area contributed by atoms with Crippen LogP contribution in [0.3, 0.4) is 0 Å². The molecule has 0 fully saturated rings. The second-order valence-electron chi connectivity index (χ2n) is 4.41. The van der Waals surface area contributed by atoms with Crippen LogP contribution < -0.4 is 4.74 Å². The monoisotopic (exact) mass is 289 g/mol. The molecule has 0 radical (unpaired) electrons. The Hall–Kier alpha value is -2.05. The zero-order chi connectivity index (χ0) is 14.5. The summed E-state index contributed by atoms with van der Waals surface area (Å²) in [5, 5.41) is 9.77. The molecule has 102 valence electrons. The minimum atomic E-state index is -0.375. The summed E-state index contributed by atoms with van der Waals surface area (Å²) in [6.45, 7) is 0. The molecule has 0 aliphatic rings. The Morgan fingerprint density at radius 1 is 1.30 bits per heavy atom. The van der Waals surface area contributed by atoms with Crippen molar-refractivity contribution in [1.82, 2.24) is 0 Å². The first-order valence-electron chi connectivity index (χ1n) is 6.11. The van der Waals surface area contributed by atoms with Crippen molar-refractivity contribution in [2.75, 3.05) is 7.11 Å². The van der Waals surface area contributed by atoms with Crippen molar-refractivity contribution in [2.45, 2.75) is 12.3 Å². The van der Waals surface area contributed by atoms with Crippen LogP contribution >= 0.6 is 11.6 Å². The molecule has 0 aliphatic carbocycles. The molecule has 1 atom stereocenters. The third-order valence-electron chi connectivity index (χ3n) is 3.06. The number of rotatable bonds is 4. The van der Waals surface area contributed by atoms with E-state index in [2.05, 4.69) is 6.07 Å². The molecule has 1 unspecified atom stereocenters. The van der Waals surface area contributed by atoms with Crippen molar-refractivity contribution in [2.24, 2.45) is 0 Å². The van der Waals surface area contributed by atoms with Crippen molar-refractivity contribution < 1.29 is 9.13 Å². The van der Waals surface area contributed by atoms with Crippen molar-refractivity contribution in [3.63, 3.8) is 0 Å². The summed E-state index contributed by atoms with van der Waals surface area (Å²) in [4.78, 5) is 0. The van der Waals surface area contributed by atoms with Crippen molar-refractivity contribution >= 4 is 11.6 Å². The lowest BCUT2D eigenvalue weighted by atomic mass is 9.93. The molecule has 0 saturated carbocycles. The molecule has 2 aromatic rings. The molecule has 0 amide bonds. The predicted octanol–water partition coefficient (Wildman–Crippen LogP) is 4.34. The quantitative estimate of drug-likeness (QED) is 0.839. The number of hydrogen-bond donors (Lipinski definition) is 0. The second kappa shape index (κ2) is 6.40. The highest BCUT2D eigenvalue weighted by Crippen LogP contribution is 2.29. The highest BCUT2D eigenvalue weighted by atomic mass is 35.5. The summed E-state index contributed by atoms with van der Waals surface area (Å²) in [5.74, 6) is -0.106. The van der Waals surface area contributed by atoms with Gasteiger partial charge < -0.3 is 4.74 Å². The van der Waals surface area contributed by atoms with Crippen LogP contribution in [0.15, 0.2) is 42.5 Å². The van der Waals surface area contributed by atoms with Crippen LogP contribution in [0.25, 0.3) is 0 Å². The van der Waals surface area contributed by atoms with E-state index in [0.717, 1.165) is 11.1 Å². The molecule has 0 bridgehead atoms. The van der Waals surface area contributed by atoms with E-state index in [1.165, 1.54) is 19.2 Å². The smallest absolute Gasteiger partial charge is 0.137 e. The molecule has 0 saturated heterocycles. The maximum atomic E-state index is 13.2. The van der Waals surface area contributed by atoms with E-state index >= 15 is 0 Å². The van der Waals surface area contributed by atoms with Crippen LogP contribution in [-0.2, 0) is 6.42 Å². The fraction of sp³-hybridized carbons (Fsp3) is 0.188. The van der Waals surface area contributed by atoms with Gasteiger partial charge in [0.1, 0.15) is 11.6 Å². The van der Waals surface area contributed by atoms with Gasteiger partial charge in [0, 0.05) is 0 Å². The molecule has 0 N–H and O–H groups in total. The minimum Gasteiger partial charge on any atom is -0.495 e. The first-order valence-corrected chi connectivity index (χ1v) is 6.49. The fourth-order valence-electron chi connectivity index (χ4n) is 2.04.